The van der Waals surface area contributed by atoms with E-state index >= 15 is 0 Å². The van der Waals surface area contributed by atoms with Crippen molar-refractivity contribution in [2.45, 2.75) is 26.6 Å². The van der Waals surface area contributed by atoms with Crippen LogP contribution in [0.4, 0.5) is 0 Å². The van der Waals surface area contributed by atoms with E-state index in [1.165, 1.54) is 0 Å². The van der Waals surface area contributed by atoms with E-state index in [4.69, 9.17) is 9.47 Å². The predicted octanol–water partition coefficient (Wildman–Crippen LogP) is -2.68. The van der Waals surface area contributed by atoms with Crippen molar-refractivity contribution in [3.05, 3.63) is 0 Å². The summed E-state index contributed by atoms with van der Waals surface area (Å²) >= 11 is 0. The average molecular weight is 250 g/mol. The Morgan fingerprint density at radius 1 is 1.21 bits per heavy atom. The molecular formula is C7H15KO5S. The Labute approximate surface area is 128 Å². The van der Waals surface area contributed by atoms with E-state index in [1.54, 1.807) is 13.8 Å². The summed E-state index contributed by atoms with van der Waals surface area (Å²) in [5, 5.41) is 0. The zero-order valence-corrected chi connectivity index (χ0v) is 12.8. The van der Waals surface area contributed by atoms with Gasteiger partial charge in [0.25, 0.3) is 0 Å². The van der Waals surface area contributed by atoms with Crippen molar-refractivity contribution in [3.63, 3.8) is 0 Å². The Morgan fingerprint density at radius 2 is 1.64 bits per heavy atom. The molecule has 0 spiro atoms. The van der Waals surface area contributed by atoms with Crippen LogP contribution >= 0.6 is 0 Å². The zero-order chi connectivity index (χ0) is 10.3. The molecule has 0 saturated carbocycles. The van der Waals surface area contributed by atoms with Crippen molar-refractivity contribution in [1.82, 2.24) is 0 Å². The number of hydrogen-bond acceptors (Lipinski definition) is 5. The van der Waals surface area contributed by atoms with Gasteiger partial charge in [-0.05, 0) is 13.8 Å². The zero-order valence-electron chi connectivity index (χ0n) is 8.86. The molecule has 0 amide bonds. The van der Waals surface area contributed by atoms with E-state index < -0.39 is 22.2 Å². The van der Waals surface area contributed by atoms with Crippen LogP contribution in [-0.4, -0.2) is 38.2 Å². The first kappa shape index (κ1) is 17.8. The van der Waals surface area contributed by atoms with Crippen molar-refractivity contribution in [2.24, 2.45) is 0 Å². The van der Waals surface area contributed by atoms with Gasteiger partial charge in [0.15, 0.2) is 6.29 Å². The van der Waals surface area contributed by atoms with Gasteiger partial charge in [0.1, 0.15) is 0 Å². The maximum Gasteiger partial charge on any atom is 1.00 e. The molecule has 0 heterocycles. The molecule has 0 rings (SSSR count). The smallest absolute Gasteiger partial charge is 0.748 e. The fourth-order valence-corrected chi connectivity index (χ4v) is 1.31. The normalized spacial score (nSPS) is 11.4. The summed E-state index contributed by atoms with van der Waals surface area (Å²) in [7, 11) is -4.17. The molecule has 80 valence electrons. The molecule has 0 aromatic rings. The van der Waals surface area contributed by atoms with Crippen molar-refractivity contribution in [1.29, 1.82) is 0 Å². The fourth-order valence-electron chi connectivity index (χ4n) is 0.827. The van der Waals surface area contributed by atoms with Gasteiger partial charge in [-0.1, -0.05) is 0 Å². The molecule has 0 aromatic heterocycles. The largest absolute Gasteiger partial charge is 1.00 e. The molecule has 0 aliphatic heterocycles. The summed E-state index contributed by atoms with van der Waals surface area (Å²) in [4.78, 5) is 0. The van der Waals surface area contributed by atoms with Crippen LogP contribution in [0.25, 0.3) is 0 Å². The van der Waals surface area contributed by atoms with Gasteiger partial charge in [-0.2, -0.15) is 0 Å². The third-order valence-corrected chi connectivity index (χ3v) is 2.04. The molecule has 0 fully saturated rings. The summed E-state index contributed by atoms with van der Waals surface area (Å²) in [5.74, 6) is -0.447. The van der Waals surface area contributed by atoms with E-state index in [1.807, 2.05) is 0 Å². The summed E-state index contributed by atoms with van der Waals surface area (Å²) in [5.41, 5.74) is 0. The first-order valence-corrected chi connectivity index (χ1v) is 5.74. The molecule has 0 aliphatic rings. The first-order valence-electron chi connectivity index (χ1n) is 4.16. The quantitative estimate of drug-likeness (QED) is 0.280. The molecule has 0 aliphatic carbocycles. The summed E-state index contributed by atoms with van der Waals surface area (Å²) in [6, 6.07) is 0. The molecule has 14 heavy (non-hydrogen) atoms. The first-order chi connectivity index (χ1) is 5.99. The number of rotatable bonds is 7. The predicted molar refractivity (Wildman–Crippen MR) is 46.2 cm³/mol. The second-order valence-corrected chi connectivity index (χ2v) is 3.91. The Kier molecular flexibility index (Phi) is 12.3. The Morgan fingerprint density at radius 3 is 1.93 bits per heavy atom. The Balaban J connectivity index is 0. The van der Waals surface area contributed by atoms with Gasteiger partial charge < -0.3 is 14.0 Å². The van der Waals surface area contributed by atoms with E-state index in [0.717, 1.165) is 0 Å². The second-order valence-electron chi connectivity index (χ2n) is 2.39. The van der Waals surface area contributed by atoms with Crippen LogP contribution < -0.4 is 51.4 Å². The molecule has 0 saturated heterocycles. The van der Waals surface area contributed by atoms with E-state index in [2.05, 4.69) is 0 Å². The fraction of sp³-hybridized carbons (Fsp3) is 1.00. The van der Waals surface area contributed by atoms with Gasteiger partial charge in [0.05, 0.1) is 10.1 Å². The van der Waals surface area contributed by atoms with Crippen molar-refractivity contribution < 1.29 is 73.8 Å². The molecular weight excluding hydrogens is 235 g/mol. The van der Waals surface area contributed by atoms with E-state index in [9.17, 15) is 13.0 Å². The van der Waals surface area contributed by atoms with Crippen molar-refractivity contribution >= 4 is 10.1 Å². The number of ether oxygens (including phenoxy) is 2. The van der Waals surface area contributed by atoms with Crippen LogP contribution in [0.1, 0.15) is 20.3 Å². The second kappa shape index (κ2) is 9.68. The van der Waals surface area contributed by atoms with Crippen LogP contribution in [0.5, 0.6) is 0 Å². The van der Waals surface area contributed by atoms with Crippen molar-refractivity contribution in [2.75, 3.05) is 19.0 Å². The van der Waals surface area contributed by atoms with Gasteiger partial charge in [0.2, 0.25) is 0 Å². The standard InChI is InChI=1S/C7H16O5S.K/c1-3-11-7(12-4-2)5-6-13(8,9)10;/h7H,3-6H2,1-2H3,(H,8,9,10);/q;+1/p-1. The van der Waals surface area contributed by atoms with Crippen LogP contribution in [0.3, 0.4) is 0 Å². The molecule has 0 bridgehead atoms. The number of hydrogen-bond donors (Lipinski definition) is 0. The van der Waals surface area contributed by atoms with Crippen LogP contribution in [0.2, 0.25) is 0 Å². The average Bonchev–Trinajstić information content (AvgIpc) is 2.00. The minimum atomic E-state index is -4.17. The monoisotopic (exact) mass is 250 g/mol. The summed E-state index contributed by atoms with van der Waals surface area (Å²) < 4.78 is 40.9. The molecule has 5 nitrogen and oxygen atoms in total. The maximum atomic E-state index is 10.3. The Bertz CT molecular complexity index is 210. The topological polar surface area (TPSA) is 75.7 Å². The molecule has 0 radical (unpaired) electrons. The third kappa shape index (κ3) is 11.5. The van der Waals surface area contributed by atoms with E-state index in [-0.39, 0.29) is 57.8 Å². The van der Waals surface area contributed by atoms with Crippen LogP contribution in [-0.2, 0) is 19.6 Å². The molecule has 0 aromatic carbocycles. The minimum Gasteiger partial charge on any atom is -0.748 e. The molecule has 0 unspecified atom stereocenters. The minimum absolute atomic E-state index is 0. The van der Waals surface area contributed by atoms with Gasteiger partial charge in [-0.25, -0.2) is 8.42 Å². The van der Waals surface area contributed by atoms with Crippen LogP contribution in [0, 0.1) is 0 Å². The molecule has 0 atom stereocenters. The maximum absolute atomic E-state index is 10.3. The third-order valence-electron chi connectivity index (χ3n) is 1.31. The summed E-state index contributed by atoms with van der Waals surface area (Å²) in [6.07, 6.45) is -0.494. The van der Waals surface area contributed by atoms with Gasteiger partial charge in [-0.15, -0.1) is 0 Å². The Hall–Kier alpha value is 1.47. The van der Waals surface area contributed by atoms with E-state index in [0.29, 0.717) is 13.2 Å². The molecule has 7 heteroatoms. The summed E-state index contributed by atoms with van der Waals surface area (Å²) in [6.45, 7) is 4.42. The SMILES string of the molecule is CCOC(CCS(=O)(=O)[O-])OCC.[K+]. The van der Waals surface area contributed by atoms with Gasteiger partial charge in [0, 0.05) is 25.4 Å². The van der Waals surface area contributed by atoms with Crippen molar-refractivity contribution in [3.8, 4) is 0 Å². The van der Waals surface area contributed by atoms with Crippen LogP contribution in [0.15, 0.2) is 0 Å². The van der Waals surface area contributed by atoms with Gasteiger partial charge >= 0.3 is 51.4 Å². The van der Waals surface area contributed by atoms with Gasteiger partial charge in [-0.3, -0.25) is 0 Å². The molecule has 0 N–H and O–H groups in total.